The van der Waals surface area contributed by atoms with E-state index in [2.05, 4.69) is 4.99 Å². The standard InChI is InChI=1S/C13H19N5O7/c14-7(1-3-9(15)20)12(24)18(5-11(22)23)13(25)8(17-6-19)2-4-10(16)21/h7-8H,1-5,14H2,(H2,15,20)(H2,16,21)(H,22,23)/t7-,8-/m0/s1. The normalized spacial score (nSPS) is 12.4. The fourth-order valence-corrected chi connectivity index (χ4v) is 1.79. The number of aliphatic imine (C=N–C) groups is 1. The second-order valence-corrected chi connectivity index (χ2v) is 5.01. The zero-order chi connectivity index (χ0) is 19.6. The largest absolute Gasteiger partial charge is 0.480 e. The van der Waals surface area contributed by atoms with Gasteiger partial charge in [-0.3, -0.25) is 28.9 Å². The van der Waals surface area contributed by atoms with E-state index >= 15 is 0 Å². The van der Waals surface area contributed by atoms with Crippen LogP contribution in [0.25, 0.3) is 0 Å². The number of carbonyl (C=O) groups is 5. The molecule has 4 amide bonds. The average Bonchev–Trinajstić information content (AvgIpc) is 2.52. The fraction of sp³-hybridized carbons (Fsp3) is 0.538. The summed E-state index contributed by atoms with van der Waals surface area (Å²) in [7, 11) is 0. The number of imide groups is 1. The van der Waals surface area contributed by atoms with Crippen molar-refractivity contribution in [3.8, 4) is 0 Å². The van der Waals surface area contributed by atoms with E-state index in [1.54, 1.807) is 0 Å². The third-order valence-electron chi connectivity index (χ3n) is 3.00. The zero-order valence-electron chi connectivity index (χ0n) is 13.2. The summed E-state index contributed by atoms with van der Waals surface area (Å²) in [4.78, 5) is 70.9. The molecule has 0 saturated heterocycles. The highest BCUT2D eigenvalue weighted by Crippen LogP contribution is 2.10. The summed E-state index contributed by atoms with van der Waals surface area (Å²) < 4.78 is 0. The van der Waals surface area contributed by atoms with E-state index in [9.17, 15) is 28.8 Å². The van der Waals surface area contributed by atoms with Crippen LogP contribution in [0.5, 0.6) is 0 Å². The van der Waals surface area contributed by atoms with Gasteiger partial charge in [0.1, 0.15) is 12.6 Å². The summed E-state index contributed by atoms with van der Waals surface area (Å²) in [6.45, 7) is -1.04. The minimum Gasteiger partial charge on any atom is -0.480 e. The number of hydrogen-bond donors (Lipinski definition) is 4. The Kier molecular flexibility index (Phi) is 9.30. The number of nitrogens with two attached hydrogens (primary N) is 3. The summed E-state index contributed by atoms with van der Waals surface area (Å²) in [6.07, 6.45) is 0.00974. The minimum atomic E-state index is -1.52. The van der Waals surface area contributed by atoms with Crippen molar-refractivity contribution in [3.63, 3.8) is 0 Å². The molecule has 0 rings (SSSR count). The van der Waals surface area contributed by atoms with E-state index in [0.717, 1.165) is 6.08 Å². The first kappa shape index (κ1) is 21.9. The maximum atomic E-state index is 12.3. The molecule has 0 aliphatic heterocycles. The monoisotopic (exact) mass is 357 g/mol. The van der Waals surface area contributed by atoms with E-state index in [1.165, 1.54) is 0 Å². The fourth-order valence-electron chi connectivity index (χ4n) is 1.79. The SMILES string of the molecule is NC(=O)CC[C@H](N=C=O)C(=O)N(CC(=O)O)C(=O)[C@@H](N)CCC(N)=O. The lowest BCUT2D eigenvalue weighted by atomic mass is 10.1. The Morgan fingerprint density at radius 1 is 1.00 bits per heavy atom. The van der Waals surface area contributed by atoms with E-state index < -0.39 is 48.2 Å². The van der Waals surface area contributed by atoms with Crippen molar-refractivity contribution in [2.75, 3.05) is 6.54 Å². The Balaban J connectivity index is 5.37. The Morgan fingerprint density at radius 2 is 1.52 bits per heavy atom. The minimum absolute atomic E-state index is 0.208. The second-order valence-electron chi connectivity index (χ2n) is 5.01. The van der Waals surface area contributed by atoms with Gasteiger partial charge in [0, 0.05) is 12.8 Å². The molecule has 0 saturated carbocycles. The Hall–Kier alpha value is -3.11. The first-order chi connectivity index (χ1) is 11.6. The average molecular weight is 357 g/mol. The molecule has 0 aromatic rings. The molecule has 0 aromatic heterocycles. The van der Waals surface area contributed by atoms with Gasteiger partial charge in [-0.05, 0) is 12.8 Å². The van der Waals surface area contributed by atoms with Crippen LogP contribution in [0, 0.1) is 0 Å². The van der Waals surface area contributed by atoms with Crippen LogP contribution in [0.3, 0.4) is 0 Å². The molecule has 7 N–H and O–H groups in total. The number of carboxylic acids is 1. The van der Waals surface area contributed by atoms with Crippen molar-refractivity contribution in [1.82, 2.24) is 4.90 Å². The topological polar surface area (TPSA) is 216 Å². The molecule has 138 valence electrons. The van der Waals surface area contributed by atoms with E-state index in [4.69, 9.17) is 22.3 Å². The van der Waals surface area contributed by atoms with Crippen LogP contribution in [0.15, 0.2) is 4.99 Å². The number of nitrogens with zero attached hydrogens (tertiary/aromatic N) is 2. The van der Waals surface area contributed by atoms with Gasteiger partial charge in [0.05, 0.1) is 6.04 Å². The summed E-state index contributed by atoms with van der Waals surface area (Å²) >= 11 is 0. The molecule has 0 aliphatic rings. The highest BCUT2D eigenvalue weighted by atomic mass is 16.4. The summed E-state index contributed by atoms with van der Waals surface area (Å²) in [5.41, 5.74) is 15.4. The number of carboxylic acid groups (broad SMARTS) is 1. The Bertz CT molecular complexity index is 600. The molecule has 0 spiro atoms. The number of isocyanates is 1. The molecule has 12 heteroatoms. The van der Waals surface area contributed by atoms with Gasteiger partial charge in [-0.25, -0.2) is 4.79 Å². The van der Waals surface area contributed by atoms with Gasteiger partial charge >= 0.3 is 5.97 Å². The van der Waals surface area contributed by atoms with E-state index in [-0.39, 0.29) is 25.7 Å². The molecule has 0 aliphatic carbocycles. The smallest absolute Gasteiger partial charge is 0.323 e. The lowest BCUT2D eigenvalue weighted by molar-refractivity contribution is -0.153. The first-order valence-electron chi connectivity index (χ1n) is 7.06. The molecular weight excluding hydrogens is 338 g/mol. The van der Waals surface area contributed by atoms with Crippen LogP contribution >= 0.6 is 0 Å². The number of hydrogen-bond acceptors (Lipinski definition) is 8. The van der Waals surface area contributed by atoms with Crippen LogP contribution in [-0.4, -0.2) is 64.3 Å². The molecule has 12 nitrogen and oxygen atoms in total. The summed E-state index contributed by atoms with van der Waals surface area (Å²) in [6, 6.07) is -2.88. The van der Waals surface area contributed by atoms with E-state index in [1.807, 2.05) is 0 Å². The Labute approximate surface area is 142 Å². The van der Waals surface area contributed by atoms with Gasteiger partial charge < -0.3 is 22.3 Å². The molecule has 25 heavy (non-hydrogen) atoms. The molecule has 0 fully saturated rings. The van der Waals surface area contributed by atoms with Crippen LogP contribution < -0.4 is 17.2 Å². The number of carbonyl (C=O) groups excluding carboxylic acids is 5. The molecular formula is C13H19N5O7. The zero-order valence-corrected chi connectivity index (χ0v) is 13.2. The molecule has 0 bridgehead atoms. The molecule has 0 heterocycles. The number of rotatable bonds is 11. The van der Waals surface area contributed by atoms with Crippen molar-refractivity contribution in [2.45, 2.75) is 37.8 Å². The number of amides is 4. The van der Waals surface area contributed by atoms with E-state index in [0.29, 0.717) is 4.90 Å². The van der Waals surface area contributed by atoms with Crippen LogP contribution in [0.1, 0.15) is 25.7 Å². The van der Waals surface area contributed by atoms with Crippen LogP contribution in [-0.2, 0) is 28.8 Å². The van der Waals surface area contributed by atoms with Gasteiger partial charge in [0.2, 0.25) is 23.8 Å². The number of primary amides is 2. The predicted octanol–water partition coefficient (Wildman–Crippen LogP) is -3.01. The van der Waals surface area contributed by atoms with Gasteiger partial charge in [-0.15, -0.1) is 0 Å². The quantitative estimate of drug-likeness (QED) is 0.220. The third kappa shape index (κ3) is 8.34. The van der Waals surface area contributed by atoms with Gasteiger partial charge in [0.15, 0.2) is 0 Å². The van der Waals surface area contributed by atoms with Crippen LogP contribution in [0.2, 0.25) is 0 Å². The lowest BCUT2D eigenvalue weighted by Crippen LogP contribution is -2.51. The highest BCUT2D eigenvalue weighted by molar-refractivity contribution is 6.02. The Morgan fingerprint density at radius 3 is 1.96 bits per heavy atom. The van der Waals surface area contributed by atoms with Crippen molar-refractivity contribution in [1.29, 1.82) is 0 Å². The first-order valence-corrected chi connectivity index (χ1v) is 7.06. The highest BCUT2D eigenvalue weighted by Gasteiger charge is 2.33. The van der Waals surface area contributed by atoms with Gasteiger partial charge in [-0.1, -0.05) is 0 Å². The molecule has 2 atom stereocenters. The van der Waals surface area contributed by atoms with Crippen molar-refractivity contribution >= 4 is 35.7 Å². The van der Waals surface area contributed by atoms with Crippen molar-refractivity contribution < 1.29 is 33.9 Å². The third-order valence-corrected chi connectivity index (χ3v) is 3.00. The summed E-state index contributed by atoms with van der Waals surface area (Å²) in [5, 5.41) is 8.87. The molecule has 0 radical (unpaired) electrons. The van der Waals surface area contributed by atoms with Gasteiger partial charge in [-0.2, -0.15) is 4.99 Å². The second kappa shape index (κ2) is 10.6. The van der Waals surface area contributed by atoms with Crippen molar-refractivity contribution in [3.05, 3.63) is 0 Å². The lowest BCUT2D eigenvalue weighted by Gasteiger charge is -2.24. The predicted molar refractivity (Wildman–Crippen MR) is 81.1 cm³/mol. The molecule has 0 unspecified atom stereocenters. The van der Waals surface area contributed by atoms with Gasteiger partial charge in [0.25, 0.3) is 5.91 Å². The molecule has 0 aromatic carbocycles. The maximum Gasteiger partial charge on any atom is 0.323 e. The summed E-state index contributed by atoms with van der Waals surface area (Å²) in [5.74, 6) is -5.27. The maximum absolute atomic E-state index is 12.3. The van der Waals surface area contributed by atoms with Crippen molar-refractivity contribution in [2.24, 2.45) is 22.2 Å². The van der Waals surface area contributed by atoms with Crippen LogP contribution in [0.4, 0.5) is 0 Å². The number of aliphatic carboxylic acids is 1.